The van der Waals surface area contributed by atoms with Crippen LogP contribution >= 0.6 is 0 Å². The van der Waals surface area contributed by atoms with E-state index in [4.69, 9.17) is 4.74 Å². The van der Waals surface area contributed by atoms with Crippen LogP contribution in [0.5, 0.6) is 5.75 Å². The van der Waals surface area contributed by atoms with Crippen molar-refractivity contribution in [3.63, 3.8) is 0 Å². The molecular formula is C11H16N2O4S. The third-order valence-corrected chi connectivity index (χ3v) is 3.57. The van der Waals surface area contributed by atoms with Crippen LogP contribution in [0.3, 0.4) is 0 Å². The van der Waals surface area contributed by atoms with Gasteiger partial charge in [-0.1, -0.05) is 0 Å². The Bertz CT molecular complexity index is 510. The summed E-state index contributed by atoms with van der Waals surface area (Å²) in [6, 6.07) is 6.76. The Morgan fingerprint density at radius 2 is 1.89 bits per heavy atom. The largest absolute Gasteiger partial charge is 0.497 e. The van der Waals surface area contributed by atoms with Gasteiger partial charge in [0.05, 0.1) is 19.9 Å². The molecule has 100 valence electrons. The highest BCUT2D eigenvalue weighted by Crippen LogP contribution is 2.14. The van der Waals surface area contributed by atoms with Gasteiger partial charge in [-0.25, -0.2) is 8.42 Å². The summed E-state index contributed by atoms with van der Waals surface area (Å²) in [6.07, 6.45) is 1.05. The Hall–Kier alpha value is -1.60. The highest BCUT2D eigenvalue weighted by atomic mass is 32.2. The predicted octanol–water partition coefficient (Wildman–Crippen LogP) is 0.525. The van der Waals surface area contributed by atoms with Crippen molar-refractivity contribution in [1.82, 2.24) is 4.31 Å². The normalized spacial score (nSPS) is 11.3. The Morgan fingerprint density at radius 1 is 1.33 bits per heavy atom. The number of anilines is 1. The van der Waals surface area contributed by atoms with Gasteiger partial charge in [0.1, 0.15) is 5.75 Å². The molecule has 0 heterocycles. The number of carbonyl (C=O) groups excluding carboxylic acids is 1. The fourth-order valence-electron chi connectivity index (χ4n) is 1.19. The van der Waals surface area contributed by atoms with E-state index in [0.29, 0.717) is 11.4 Å². The molecule has 1 N–H and O–H groups in total. The number of carbonyl (C=O) groups is 1. The van der Waals surface area contributed by atoms with Gasteiger partial charge in [-0.2, -0.15) is 4.31 Å². The smallest absolute Gasteiger partial charge is 0.239 e. The molecule has 0 saturated carbocycles. The predicted molar refractivity (Wildman–Crippen MR) is 69.1 cm³/mol. The van der Waals surface area contributed by atoms with Gasteiger partial charge in [-0.15, -0.1) is 0 Å². The van der Waals surface area contributed by atoms with E-state index in [1.807, 2.05) is 0 Å². The molecule has 0 aromatic heterocycles. The SMILES string of the molecule is COc1ccc(NC(=O)CN(C)S(C)(=O)=O)cc1. The van der Waals surface area contributed by atoms with Crippen molar-refractivity contribution in [2.45, 2.75) is 0 Å². The van der Waals surface area contributed by atoms with E-state index < -0.39 is 15.9 Å². The molecule has 18 heavy (non-hydrogen) atoms. The van der Waals surface area contributed by atoms with E-state index in [0.717, 1.165) is 10.6 Å². The first-order chi connectivity index (χ1) is 8.32. The first-order valence-electron chi connectivity index (χ1n) is 5.18. The van der Waals surface area contributed by atoms with Crippen molar-refractivity contribution in [1.29, 1.82) is 0 Å². The molecule has 0 fully saturated rings. The third-order valence-electron chi connectivity index (χ3n) is 2.31. The number of rotatable bonds is 5. The van der Waals surface area contributed by atoms with Crippen LogP contribution in [0.15, 0.2) is 24.3 Å². The fourth-order valence-corrected chi connectivity index (χ4v) is 1.55. The van der Waals surface area contributed by atoms with E-state index in [1.54, 1.807) is 31.4 Å². The van der Waals surface area contributed by atoms with Crippen LogP contribution in [0, 0.1) is 0 Å². The van der Waals surface area contributed by atoms with Gasteiger partial charge in [0.25, 0.3) is 0 Å². The lowest BCUT2D eigenvalue weighted by molar-refractivity contribution is -0.116. The minimum absolute atomic E-state index is 0.217. The molecule has 0 aliphatic rings. The first kappa shape index (κ1) is 14.5. The lowest BCUT2D eigenvalue weighted by Crippen LogP contribution is -2.34. The summed E-state index contributed by atoms with van der Waals surface area (Å²) < 4.78 is 28.2. The van der Waals surface area contributed by atoms with Gasteiger partial charge in [0.2, 0.25) is 15.9 Å². The Kier molecular flexibility index (Phi) is 4.69. The maximum Gasteiger partial charge on any atom is 0.239 e. The summed E-state index contributed by atoms with van der Waals surface area (Å²) >= 11 is 0. The molecule has 1 amide bonds. The molecule has 0 saturated heterocycles. The van der Waals surface area contributed by atoms with Crippen LogP contribution in [0.4, 0.5) is 5.69 Å². The topological polar surface area (TPSA) is 75.7 Å². The zero-order valence-electron chi connectivity index (χ0n) is 10.5. The second-order valence-electron chi connectivity index (χ2n) is 3.80. The number of amides is 1. The number of hydrogen-bond donors (Lipinski definition) is 1. The van der Waals surface area contributed by atoms with Gasteiger partial charge in [0, 0.05) is 12.7 Å². The maximum atomic E-state index is 11.6. The average Bonchev–Trinajstić information content (AvgIpc) is 2.28. The number of likely N-dealkylation sites (N-methyl/N-ethyl adjacent to an activating group) is 1. The fraction of sp³-hybridized carbons (Fsp3) is 0.364. The molecule has 0 aliphatic carbocycles. The summed E-state index contributed by atoms with van der Waals surface area (Å²) in [5.41, 5.74) is 0.586. The van der Waals surface area contributed by atoms with E-state index in [2.05, 4.69) is 5.32 Å². The average molecular weight is 272 g/mol. The second kappa shape index (κ2) is 5.83. The number of hydrogen-bond acceptors (Lipinski definition) is 4. The van der Waals surface area contributed by atoms with Crippen LogP contribution in [0.1, 0.15) is 0 Å². The Labute approximate surface area is 107 Å². The van der Waals surface area contributed by atoms with Crippen molar-refractivity contribution < 1.29 is 17.9 Å². The molecule has 0 aliphatic heterocycles. The summed E-state index contributed by atoms with van der Waals surface area (Å²) in [5, 5.41) is 2.60. The number of methoxy groups -OCH3 is 1. The Morgan fingerprint density at radius 3 is 2.33 bits per heavy atom. The molecule has 0 bridgehead atoms. The molecule has 7 heteroatoms. The molecule has 1 aromatic rings. The first-order valence-corrected chi connectivity index (χ1v) is 7.03. The van der Waals surface area contributed by atoms with Gasteiger partial charge in [0.15, 0.2) is 0 Å². The Balaban J connectivity index is 2.59. The van der Waals surface area contributed by atoms with E-state index >= 15 is 0 Å². The number of sulfonamides is 1. The lowest BCUT2D eigenvalue weighted by Gasteiger charge is -2.13. The van der Waals surface area contributed by atoms with Crippen LogP contribution in [0.25, 0.3) is 0 Å². The highest BCUT2D eigenvalue weighted by molar-refractivity contribution is 7.88. The van der Waals surface area contributed by atoms with Crippen LogP contribution in [-0.2, 0) is 14.8 Å². The minimum atomic E-state index is -3.35. The van der Waals surface area contributed by atoms with Crippen LogP contribution < -0.4 is 10.1 Å². The zero-order valence-corrected chi connectivity index (χ0v) is 11.3. The van der Waals surface area contributed by atoms with Crippen LogP contribution in [0.2, 0.25) is 0 Å². The van der Waals surface area contributed by atoms with Gasteiger partial charge < -0.3 is 10.1 Å². The zero-order chi connectivity index (χ0) is 13.8. The van der Waals surface area contributed by atoms with E-state index in [9.17, 15) is 13.2 Å². The number of ether oxygens (including phenoxy) is 1. The van der Waals surface area contributed by atoms with E-state index in [1.165, 1.54) is 7.05 Å². The third kappa shape index (κ3) is 4.34. The van der Waals surface area contributed by atoms with Crippen molar-refractivity contribution in [2.24, 2.45) is 0 Å². The van der Waals surface area contributed by atoms with Gasteiger partial charge in [-0.05, 0) is 24.3 Å². The quantitative estimate of drug-likeness (QED) is 0.848. The summed E-state index contributed by atoms with van der Waals surface area (Å²) in [4.78, 5) is 11.6. The number of benzene rings is 1. The molecular weight excluding hydrogens is 256 g/mol. The number of nitrogens with zero attached hydrogens (tertiary/aromatic N) is 1. The number of nitrogens with one attached hydrogen (secondary N) is 1. The van der Waals surface area contributed by atoms with Crippen molar-refractivity contribution in [2.75, 3.05) is 32.3 Å². The van der Waals surface area contributed by atoms with Crippen molar-refractivity contribution in [3.05, 3.63) is 24.3 Å². The van der Waals surface area contributed by atoms with E-state index in [-0.39, 0.29) is 6.54 Å². The lowest BCUT2D eigenvalue weighted by atomic mass is 10.3. The molecule has 0 atom stereocenters. The van der Waals surface area contributed by atoms with Crippen molar-refractivity contribution >= 4 is 21.6 Å². The molecule has 6 nitrogen and oxygen atoms in total. The highest BCUT2D eigenvalue weighted by Gasteiger charge is 2.14. The van der Waals surface area contributed by atoms with Crippen LogP contribution in [-0.4, -0.2) is 45.6 Å². The van der Waals surface area contributed by atoms with Crippen molar-refractivity contribution in [3.8, 4) is 5.75 Å². The summed E-state index contributed by atoms with van der Waals surface area (Å²) in [7, 11) is -0.448. The summed E-state index contributed by atoms with van der Waals surface area (Å²) in [5.74, 6) is 0.286. The molecule has 1 rings (SSSR count). The monoisotopic (exact) mass is 272 g/mol. The van der Waals surface area contributed by atoms with Gasteiger partial charge >= 0.3 is 0 Å². The van der Waals surface area contributed by atoms with Gasteiger partial charge in [-0.3, -0.25) is 4.79 Å². The maximum absolute atomic E-state index is 11.6. The summed E-state index contributed by atoms with van der Waals surface area (Å²) in [6.45, 7) is -0.217. The molecule has 0 unspecified atom stereocenters. The minimum Gasteiger partial charge on any atom is -0.497 e. The molecule has 0 radical (unpaired) electrons. The standard InChI is InChI=1S/C11H16N2O4S/c1-13(18(3,15)16)8-11(14)12-9-4-6-10(17-2)7-5-9/h4-7H,8H2,1-3H3,(H,12,14). The molecule has 1 aromatic carbocycles. The second-order valence-corrected chi connectivity index (χ2v) is 5.89. The molecule has 0 spiro atoms.